The topological polar surface area (TPSA) is 135 Å². The van der Waals surface area contributed by atoms with Crippen LogP contribution in [-0.4, -0.2) is 28.0 Å². The van der Waals surface area contributed by atoms with Crippen molar-refractivity contribution >= 4 is 46.6 Å². The highest BCUT2D eigenvalue weighted by atomic mass is 35.5. The molecule has 4 aromatic carbocycles. The predicted octanol–water partition coefficient (Wildman–Crippen LogP) is 8.56. The molecule has 2 amide bonds. The van der Waals surface area contributed by atoms with Gasteiger partial charge in [0, 0.05) is 65.0 Å². The minimum atomic E-state index is -0.809. The number of rotatable bonds is 10. The summed E-state index contributed by atoms with van der Waals surface area (Å²) in [6.07, 6.45) is 0. The fourth-order valence-electron chi connectivity index (χ4n) is 5.57. The number of benzene rings is 4. The van der Waals surface area contributed by atoms with Gasteiger partial charge in [0.15, 0.2) is 0 Å². The lowest BCUT2D eigenvalue weighted by Gasteiger charge is -2.16. The molecular formula is C41H30Cl3F5N4O6. The number of carbonyl (C=O) groups is 2. The summed E-state index contributed by atoms with van der Waals surface area (Å²) in [4.78, 5) is 48.9. The van der Waals surface area contributed by atoms with Gasteiger partial charge in [0.2, 0.25) is 5.91 Å². The van der Waals surface area contributed by atoms with Crippen LogP contribution in [0.3, 0.4) is 0 Å². The van der Waals surface area contributed by atoms with Gasteiger partial charge in [-0.05, 0) is 74.5 Å². The van der Waals surface area contributed by atoms with Crippen molar-refractivity contribution in [2.24, 2.45) is 5.73 Å². The Morgan fingerprint density at radius 1 is 0.627 bits per heavy atom. The molecule has 0 unspecified atom stereocenters. The Labute approximate surface area is 347 Å². The Balaban J connectivity index is 0.000000224. The molecule has 0 spiro atoms. The molecule has 306 valence electrons. The average Bonchev–Trinajstić information content (AvgIpc) is 3.19. The maximum Gasteiger partial charge on any atom is 0.277 e. The molecule has 0 aliphatic carbocycles. The Morgan fingerprint density at radius 3 is 1.54 bits per heavy atom. The predicted molar refractivity (Wildman–Crippen MR) is 212 cm³/mol. The molecule has 10 nitrogen and oxygen atoms in total. The minimum Gasteiger partial charge on any atom is -0.487 e. The lowest BCUT2D eigenvalue weighted by Crippen LogP contribution is -2.23. The van der Waals surface area contributed by atoms with E-state index in [1.807, 2.05) is 0 Å². The molecule has 0 aliphatic heterocycles. The number of ether oxygens (including phenoxy) is 2. The van der Waals surface area contributed by atoms with Crippen LogP contribution >= 0.6 is 34.8 Å². The third-order valence-electron chi connectivity index (χ3n) is 8.54. The van der Waals surface area contributed by atoms with E-state index in [1.165, 1.54) is 67.1 Å². The van der Waals surface area contributed by atoms with Gasteiger partial charge in [-0.1, -0.05) is 34.8 Å². The minimum absolute atomic E-state index is 0.0101. The largest absolute Gasteiger partial charge is 0.487 e. The molecule has 0 bridgehead atoms. The molecule has 0 fully saturated rings. The Hall–Kier alpha value is -6.16. The van der Waals surface area contributed by atoms with Crippen LogP contribution in [0.25, 0.3) is 11.4 Å². The molecule has 0 aliphatic rings. The first-order valence-electron chi connectivity index (χ1n) is 17.0. The van der Waals surface area contributed by atoms with Crippen LogP contribution in [0.15, 0.2) is 94.5 Å². The summed E-state index contributed by atoms with van der Waals surface area (Å²) in [6.45, 7) is 2.58. The van der Waals surface area contributed by atoms with E-state index in [2.05, 4.69) is 5.32 Å². The number of carbonyl (C=O) groups excluding carboxylic acids is 2. The lowest BCUT2D eigenvalue weighted by atomic mass is 10.1. The molecule has 0 saturated carbocycles. The third kappa shape index (κ3) is 9.94. The van der Waals surface area contributed by atoms with Crippen molar-refractivity contribution < 1.29 is 41.0 Å². The van der Waals surface area contributed by atoms with Gasteiger partial charge >= 0.3 is 0 Å². The van der Waals surface area contributed by atoms with E-state index in [0.29, 0.717) is 17.3 Å². The number of nitrogens with one attached hydrogen (secondary N) is 1. The van der Waals surface area contributed by atoms with Gasteiger partial charge in [-0.25, -0.2) is 22.0 Å². The van der Waals surface area contributed by atoms with Crippen LogP contribution in [0, 0.1) is 42.9 Å². The van der Waals surface area contributed by atoms with Gasteiger partial charge in [-0.2, -0.15) is 0 Å². The summed E-state index contributed by atoms with van der Waals surface area (Å²) in [6, 6.07) is 16.8. The van der Waals surface area contributed by atoms with Crippen molar-refractivity contribution in [3.05, 3.63) is 183 Å². The SMILES string of the molecule is CNC(=O)c1ccc(Cl)c(-n2c(C)cc(OCc3ccc(F)cc3F)c(Cl)c2=O)c1.Cc1cc(OCc2ccc(F)cc2F)c(Cl)c(=O)n1-c1cc(C(N)=O)ccc1F. The fourth-order valence-corrected chi connectivity index (χ4v) is 6.16. The quantitative estimate of drug-likeness (QED) is 0.133. The van der Waals surface area contributed by atoms with Crippen LogP contribution in [0.1, 0.15) is 43.2 Å². The number of nitrogens with two attached hydrogens (primary N) is 1. The van der Waals surface area contributed by atoms with E-state index in [1.54, 1.807) is 6.92 Å². The third-order valence-corrected chi connectivity index (χ3v) is 9.56. The highest BCUT2D eigenvalue weighted by Crippen LogP contribution is 2.29. The summed E-state index contributed by atoms with van der Waals surface area (Å²) in [7, 11) is 1.49. The molecule has 59 heavy (non-hydrogen) atoms. The number of hydrogen-bond acceptors (Lipinski definition) is 6. The Bertz CT molecular complexity index is 2750. The molecule has 3 N–H and O–H groups in total. The number of pyridine rings is 2. The van der Waals surface area contributed by atoms with Crippen LogP contribution in [0.4, 0.5) is 22.0 Å². The first-order valence-corrected chi connectivity index (χ1v) is 18.1. The first kappa shape index (κ1) is 44.0. The van der Waals surface area contributed by atoms with Gasteiger partial charge in [0.25, 0.3) is 17.0 Å². The van der Waals surface area contributed by atoms with Crippen molar-refractivity contribution in [2.45, 2.75) is 27.1 Å². The number of amides is 2. The van der Waals surface area contributed by atoms with Gasteiger partial charge in [-0.15, -0.1) is 0 Å². The van der Waals surface area contributed by atoms with Crippen LogP contribution in [0.2, 0.25) is 15.1 Å². The average molecular weight is 876 g/mol. The monoisotopic (exact) mass is 874 g/mol. The van der Waals surface area contributed by atoms with E-state index < -0.39 is 46.1 Å². The van der Waals surface area contributed by atoms with Crippen molar-refractivity contribution in [1.29, 1.82) is 0 Å². The molecular weight excluding hydrogens is 846 g/mol. The number of hydrogen-bond donors (Lipinski definition) is 2. The van der Waals surface area contributed by atoms with Crippen molar-refractivity contribution in [1.82, 2.24) is 14.5 Å². The van der Waals surface area contributed by atoms with Gasteiger partial charge in [-0.3, -0.25) is 28.3 Å². The second kappa shape index (κ2) is 18.6. The zero-order valence-corrected chi connectivity index (χ0v) is 33.2. The molecule has 6 aromatic rings. The maximum atomic E-state index is 14.3. The number of primary amides is 1. The number of nitrogens with zero attached hydrogens (tertiary/aromatic N) is 2. The molecule has 6 rings (SSSR count). The summed E-state index contributed by atoms with van der Waals surface area (Å²) in [5.74, 6) is -4.93. The van der Waals surface area contributed by atoms with E-state index in [4.69, 9.17) is 50.0 Å². The number of aryl methyl sites for hydroxylation is 2. The van der Waals surface area contributed by atoms with E-state index in [-0.39, 0.29) is 79.4 Å². The Morgan fingerprint density at radius 2 is 1.08 bits per heavy atom. The first-order chi connectivity index (χ1) is 27.9. The fraction of sp³-hybridized carbons (Fsp3) is 0.122. The van der Waals surface area contributed by atoms with Crippen molar-refractivity contribution in [3.8, 4) is 22.9 Å². The van der Waals surface area contributed by atoms with Crippen LogP contribution in [0.5, 0.6) is 11.5 Å². The normalized spacial score (nSPS) is 10.8. The molecule has 2 aromatic heterocycles. The molecule has 2 heterocycles. The molecule has 0 saturated heterocycles. The lowest BCUT2D eigenvalue weighted by molar-refractivity contribution is 0.0961. The standard InChI is InChI=1S/C21H16Cl2F2N2O3.C20H14ClF3N2O3/c1-11-7-18(30-10-13-3-5-14(24)9-16(13)25)19(23)21(29)27(11)17-8-12(20(28)26-2)4-6-15(17)22;1-10-6-17(29-9-12-2-4-13(22)8-15(12)24)18(21)20(28)26(10)16-7-11(19(25)27)3-5-14(16)23/h3-9H,10H2,1-2H3,(H,26,28);2-8H,9H2,1H3,(H2,25,27). The van der Waals surface area contributed by atoms with Gasteiger partial charge in [0.05, 0.1) is 16.4 Å². The Kier molecular flexibility index (Phi) is 13.9. The van der Waals surface area contributed by atoms with E-state index in [9.17, 15) is 41.1 Å². The van der Waals surface area contributed by atoms with Crippen molar-refractivity contribution in [2.75, 3.05) is 7.05 Å². The number of halogens is 8. The highest BCUT2D eigenvalue weighted by Gasteiger charge is 2.20. The van der Waals surface area contributed by atoms with E-state index in [0.717, 1.165) is 34.9 Å². The maximum absolute atomic E-state index is 14.3. The van der Waals surface area contributed by atoms with Gasteiger partial charge in [0.1, 0.15) is 63.8 Å². The van der Waals surface area contributed by atoms with Gasteiger partial charge < -0.3 is 20.5 Å². The van der Waals surface area contributed by atoms with Crippen LogP contribution < -0.4 is 31.6 Å². The second-order valence-corrected chi connectivity index (χ2v) is 13.7. The summed E-state index contributed by atoms with van der Waals surface area (Å²) in [5, 5.41) is 2.12. The van der Waals surface area contributed by atoms with E-state index >= 15 is 0 Å². The summed E-state index contributed by atoms with van der Waals surface area (Å²) < 4.78 is 81.0. The zero-order chi connectivity index (χ0) is 43.3. The molecule has 0 atom stereocenters. The number of aromatic nitrogens is 2. The van der Waals surface area contributed by atoms with Crippen LogP contribution in [-0.2, 0) is 13.2 Å². The second-order valence-electron chi connectivity index (χ2n) is 12.5. The summed E-state index contributed by atoms with van der Waals surface area (Å²) >= 11 is 18.5. The zero-order valence-electron chi connectivity index (χ0n) is 30.9. The summed E-state index contributed by atoms with van der Waals surface area (Å²) in [5.41, 5.74) is 5.01. The smallest absolute Gasteiger partial charge is 0.277 e. The molecule has 18 heteroatoms. The van der Waals surface area contributed by atoms with Crippen molar-refractivity contribution in [3.63, 3.8) is 0 Å². The highest BCUT2D eigenvalue weighted by molar-refractivity contribution is 6.33. The molecule has 0 radical (unpaired) electrons.